The number of ether oxygens (including phenoxy) is 2. The summed E-state index contributed by atoms with van der Waals surface area (Å²) in [6.07, 6.45) is 5.12. The molecule has 0 amide bonds. The third-order valence-corrected chi connectivity index (χ3v) is 3.39. The lowest BCUT2D eigenvalue weighted by molar-refractivity contribution is 0.0488. The zero-order chi connectivity index (χ0) is 13.3. The van der Waals surface area contributed by atoms with E-state index in [2.05, 4.69) is 23.3 Å². The van der Waals surface area contributed by atoms with Crippen molar-refractivity contribution in [1.29, 1.82) is 0 Å². The average Bonchev–Trinajstić information content (AvgIpc) is 2.48. The van der Waals surface area contributed by atoms with E-state index in [1.54, 1.807) is 6.20 Å². The van der Waals surface area contributed by atoms with Gasteiger partial charge in [0.15, 0.2) is 0 Å². The van der Waals surface area contributed by atoms with Crippen LogP contribution in [-0.2, 0) is 11.3 Å². The fourth-order valence-corrected chi connectivity index (χ4v) is 2.20. The minimum absolute atomic E-state index is 0.604. The zero-order valence-corrected chi connectivity index (χ0v) is 11.7. The number of rotatable bonds is 7. The normalized spacial score (nSPS) is 16.5. The summed E-state index contributed by atoms with van der Waals surface area (Å²) in [6, 6.07) is 4.04. The quantitative estimate of drug-likeness (QED) is 0.768. The number of nitrogens with zero attached hydrogens (tertiary/aromatic N) is 1. The first-order chi connectivity index (χ1) is 9.40. The van der Waals surface area contributed by atoms with Gasteiger partial charge in [-0.05, 0) is 37.8 Å². The molecule has 0 saturated carbocycles. The maximum Gasteiger partial charge on any atom is 0.217 e. The first-order valence-electron chi connectivity index (χ1n) is 7.25. The summed E-state index contributed by atoms with van der Waals surface area (Å²) < 4.78 is 11.3. The van der Waals surface area contributed by atoms with Crippen molar-refractivity contribution in [1.82, 2.24) is 10.3 Å². The molecule has 19 heavy (non-hydrogen) atoms. The maximum atomic E-state index is 5.90. The molecule has 2 rings (SSSR count). The molecule has 106 valence electrons. The molecule has 0 bridgehead atoms. The van der Waals surface area contributed by atoms with Gasteiger partial charge in [-0.1, -0.05) is 13.0 Å². The molecule has 2 heterocycles. The fraction of sp³-hybridized carbons (Fsp3) is 0.667. The fourth-order valence-electron chi connectivity index (χ4n) is 2.20. The SMILES string of the molecule is CCCNCc1cccnc1OCC1CCOCC1. The van der Waals surface area contributed by atoms with Crippen molar-refractivity contribution < 1.29 is 9.47 Å². The summed E-state index contributed by atoms with van der Waals surface area (Å²) in [4.78, 5) is 4.35. The Balaban J connectivity index is 1.84. The topological polar surface area (TPSA) is 43.4 Å². The summed E-state index contributed by atoms with van der Waals surface area (Å²) >= 11 is 0. The van der Waals surface area contributed by atoms with E-state index in [1.165, 1.54) is 0 Å². The van der Waals surface area contributed by atoms with Gasteiger partial charge in [0, 0.05) is 31.5 Å². The van der Waals surface area contributed by atoms with Gasteiger partial charge >= 0.3 is 0 Å². The Labute approximate surface area is 115 Å². The Morgan fingerprint density at radius 1 is 1.42 bits per heavy atom. The molecule has 0 radical (unpaired) electrons. The number of hydrogen-bond acceptors (Lipinski definition) is 4. The zero-order valence-electron chi connectivity index (χ0n) is 11.7. The van der Waals surface area contributed by atoms with Crippen molar-refractivity contribution in [3.05, 3.63) is 23.9 Å². The van der Waals surface area contributed by atoms with Crippen molar-refractivity contribution in [2.75, 3.05) is 26.4 Å². The highest BCUT2D eigenvalue weighted by atomic mass is 16.5. The number of nitrogens with one attached hydrogen (secondary N) is 1. The summed E-state index contributed by atoms with van der Waals surface area (Å²) in [5, 5.41) is 3.39. The Morgan fingerprint density at radius 2 is 2.26 bits per heavy atom. The molecule has 0 unspecified atom stereocenters. The molecular weight excluding hydrogens is 240 g/mol. The Morgan fingerprint density at radius 3 is 3.05 bits per heavy atom. The molecule has 0 aliphatic carbocycles. The number of hydrogen-bond donors (Lipinski definition) is 1. The van der Waals surface area contributed by atoms with Crippen LogP contribution in [0.1, 0.15) is 31.7 Å². The standard InChI is InChI=1S/C15H24N2O2/c1-2-7-16-11-14-4-3-8-17-15(14)19-12-13-5-9-18-10-6-13/h3-4,8,13,16H,2,5-7,9-12H2,1H3. The van der Waals surface area contributed by atoms with Crippen LogP contribution >= 0.6 is 0 Å². The van der Waals surface area contributed by atoms with E-state index in [0.717, 1.165) is 63.6 Å². The predicted molar refractivity (Wildman–Crippen MR) is 75.3 cm³/mol. The van der Waals surface area contributed by atoms with Crippen LogP contribution in [0.15, 0.2) is 18.3 Å². The van der Waals surface area contributed by atoms with Crippen molar-refractivity contribution in [2.24, 2.45) is 5.92 Å². The minimum atomic E-state index is 0.604. The maximum absolute atomic E-state index is 5.90. The van der Waals surface area contributed by atoms with Crippen LogP contribution in [0.5, 0.6) is 5.88 Å². The van der Waals surface area contributed by atoms with E-state index in [9.17, 15) is 0 Å². The third-order valence-electron chi connectivity index (χ3n) is 3.39. The third kappa shape index (κ3) is 4.80. The van der Waals surface area contributed by atoms with Crippen molar-refractivity contribution in [2.45, 2.75) is 32.7 Å². The van der Waals surface area contributed by atoms with Crippen LogP contribution in [0.25, 0.3) is 0 Å². The first-order valence-corrected chi connectivity index (χ1v) is 7.25. The van der Waals surface area contributed by atoms with Gasteiger partial charge in [0.05, 0.1) is 6.61 Å². The van der Waals surface area contributed by atoms with E-state index in [4.69, 9.17) is 9.47 Å². The lowest BCUT2D eigenvalue weighted by Crippen LogP contribution is -2.22. The van der Waals surface area contributed by atoms with Gasteiger partial charge in [-0.25, -0.2) is 4.98 Å². The summed E-state index contributed by atoms with van der Waals surface area (Å²) in [5.41, 5.74) is 1.14. The molecule has 1 aliphatic rings. The molecule has 1 aromatic rings. The second-order valence-electron chi connectivity index (χ2n) is 5.01. The van der Waals surface area contributed by atoms with Crippen molar-refractivity contribution in [3.63, 3.8) is 0 Å². The second-order valence-corrected chi connectivity index (χ2v) is 5.01. The molecule has 1 aliphatic heterocycles. The van der Waals surface area contributed by atoms with E-state index >= 15 is 0 Å². The lowest BCUT2D eigenvalue weighted by Gasteiger charge is -2.22. The van der Waals surface area contributed by atoms with Crippen LogP contribution in [0, 0.1) is 5.92 Å². The van der Waals surface area contributed by atoms with Gasteiger partial charge in [-0.15, -0.1) is 0 Å². The van der Waals surface area contributed by atoms with Gasteiger partial charge in [0.1, 0.15) is 0 Å². The van der Waals surface area contributed by atoms with Crippen molar-refractivity contribution in [3.8, 4) is 5.88 Å². The van der Waals surface area contributed by atoms with Crippen LogP contribution in [-0.4, -0.2) is 31.3 Å². The first kappa shape index (κ1) is 14.3. The lowest BCUT2D eigenvalue weighted by atomic mass is 10.0. The summed E-state index contributed by atoms with van der Waals surface area (Å²) in [5.74, 6) is 1.38. The van der Waals surface area contributed by atoms with Gasteiger partial charge in [0.2, 0.25) is 5.88 Å². The Bertz CT molecular complexity index is 365. The minimum Gasteiger partial charge on any atom is -0.477 e. The van der Waals surface area contributed by atoms with Crippen LogP contribution < -0.4 is 10.1 Å². The largest absolute Gasteiger partial charge is 0.477 e. The highest BCUT2D eigenvalue weighted by Crippen LogP contribution is 2.19. The molecule has 4 nitrogen and oxygen atoms in total. The summed E-state index contributed by atoms with van der Waals surface area (Å²) in [7, 11) is 0. The predicted octanol–water partition coefficient (Wildman–Crippen LogP) is 2.39. The Kier molecular flexibility index (Phi) is 6.11. The molecule has 0 aromatic carbocycles. The van der Waals surface area contributed by atoms with E-state index < -0.39 is 0 Å². The van der Waals surface area contributed by atoms with Gasteiger partial charge < -0.3 is 14.8 Å². The molecular formula is C15H24N2O2. The summed E-state index contributed by atoms with van der Waals surface area (Å²) in [6.45, 7) is 6.49. The Hall–Kier alpha value is -1.13. The highest BCUT2D eigenvalue weighted by Gasteiger charge is 2.15. The van der Waals surface area contributed by atoms with Gasteiger partial charge in [-0.3, -0.25) is 0 Å². The van der Waals surface area contributed by atoms with Gasteiger partial charge in [0.25, 0.3) is 0 Å². The average molecular weight is 264 g/mol. The molecule has 0 atom stereocenters. The van der Waals surface area contributed by atoms with Crippen LogP contribution in [0.2, 0.25) is 0 Å². The van der Waals surface area contributed by atoms with Crippen LogP contribution in [0.4, 0.5) is 0 Å². The smallest absolute Gasteiger partial charge is 0.217 e. The second kappa shape index (κ2) is 8.12. The van der Waals surface area contributed by atoms with Gasteiger partial charge in [-0.2, -0.15) is 0 Å². The van der Waals surface area contributed by atoms with E-state index in [1.807, 2.05) is 6.07 Å². The molecule has 1 aromatic heterocycles. The molecule has 1 saturated heterocycles. The van der Waals surface area contributed by atoms with E-state index in [0.29, 0.717) is 5.92 Å². The monoisotopic (exact) mass is 264 g/mol. The number of aromatic nitrogens is 1. The molecule has 4 heteroatoms. The number of pyridine rings is 1. The highest BCUT2D eigenvalue weighted by molar-refractivity contribution is 5.25. The van der Waals surface area contributed by atoms with E-state index in [-0.39, 0.29) is 0 Å². The molecule has 1 fully saturated rings. The van der Waals surface area contributed by atoms with Crippen molar-refractivity contribution >= 4 is 0 Å². The van der Waals surface area contributed by atoms with Crippen LogP contribution in [0.3, 0.4) is 0 Å². The molecule has 1 N–H and O–H groups in total. The molecule has 0 spiro atoms.